The zero-order valence-corrected chi connectivity index (χ0v) is 20.8. The second-order valence-electron chi connectivity index (χ2n) is 10.9. The number of fused-ring (bicyclic) bond motifs is 1. The number of carbonyl (C=O) groups excluding carboxylic acids is 1. The zero-order valence-electron chi connectivity index (χ0n) is 20.8. The van der Waals surface area contributed by atoms with Crippen LogP contribution in [0.1, 0.15) is 58.9 Å². The molecule has 0 spiro atoms. The van der Waals surface area contributed by atoms with Crippen molar-refractivity contribution in [2.45, 2.75) is 71.5 Å². The minimum Gasteiger partial charge on any atom is -0.457 e. The molecular formula is C29H41NO3. The molecule has 3 aliphatic rings. The highest BCUT2D eigenvalue weighted by atomic mass is 16.5. The summed E-state index contributed by atoms with van der Waals surface area (Å²) in [5.74, 6) is 1.52. The van der Waals surface area contributed by atoms with Crippen molar-refractivity contribution >= 4 is 5.97 Å². The van der Waals surface area contributed by atoms with Gasteiger partial charge in [0.05, 0.1) is 12.0 Å². The largest absolute Gasteiger partial charge is 0.457 e. The lowest BCUT2D eigenvalue weighted by molar-refractivity contribution is -0.148. The summed E-state index contributed by atoms with van der Waals surface area (Å²) in [4.78, 5) is 14.2. The fourth-order valence-electron chi connectivity index (χ4n) is 6.47. The van der Waals surface area contributed by atoms with Crippen LogP contribution in [0.4, 0.5) is 0 Å². The highest BCUT2D eigenvalue weighted by molar-refractivity contribution is 5.66. The van der Waals surface area contributed by atoms with Gasteiger partial charge in [-0.05, 0) is 86.9 Å². The summed E-state index contributed by atoms with van der Waals surface area (Å²) in [6.07, 6.45) is 10.8. The molecule has 2 radical (unpaired) electrons. The third-order valence-electron chi connectivity index (χ3n) is 8.51. The van der Waals surface area contributed by atoms with Crippen LogP contribution in [0.5, 0.6) is 0 Å². The molecule has 2 aliphatic carbocycles. The standard InChI is InChI=1S/C29H41NO3/c1-20-16-27-26(11-10-22(3)29(27,32)18-28(20)33-23(4)31)21(2)19-30-14-12-25(13-15-30)17-24-8-6-5-7-9-24/h5-9,16,21-22,25-28,32H,10-15,17,19H2,1-4H3/t21-,22-,26+,27-,28-,29-/m1/s1. The van der Waals surface area contributed by atoms with Crippen LogP contribution >= 0.6 is 0 Å². The van der Waals surface area contributed by atoms with Crippen molar-refractivity contribution in [2.24, 2.45) is 29.6 Å². The third kappa shape index (κ3) is 5.54. The molecule has 1 heterocycles. The van der Waals surface area contributed by atoms with Gasteiger partial charge in [0.2, 0.25) is 0 Å². The molecule has 1 aliphatic heterocycles. The van der Waals surface area contributed by atoms with Crippen LogP contribution in [0, 0.1) is 36.0 Å². The second kappa shape index (κ2) is 10.3. The number of hydrogen-bond donors (Lipinski definition) is 1. The van der Waals surface area contributed by atoms with Crippen LogP contribution in [0.2, 0.25) is 0 Å². The van der Waals surface area contributed by atoms with Gasteiger partial charge in [0, 0.05) is 19.4 Å². The molecule has 33 heavy (non-hydrogen) atoms. The van der Waals surface area contributed by atoms with Gasteiger partial charge in [0.1, 0.15) is 6.10 Å². The maximum atomic E-state index is 11.7. The normalized spacial score (nSPS) is 34.3. The van der Waals surface area contributed by atoms with Crippen molar-refractivity contribution in [2.75, 3.05) is 19.6 Å². The number of nitrogens with zero attached hydrogens (tertiary/aromatic N) is 1. The average Bonchev–Trinajstić information content (AvgIpc) is 2.78. The molecule has 2 fully saturated rings. The van der Waals surface area contributed by atoms with Crippen LogP contribution in [0.3, 0.4) is 0 Å². The first-order valence-corrected chi connectivity index (χ1v) is 12.9. The van der Waals surface area contributed by atoms with Gasteiger partial charge in [-0.3, -0.25) is 4.79 Å². The summed E-state index contributed by atoms with van der Waals surface area (Å²) in [6, 6.07) is 10.9. The minimum atomic E-state index is -1.03. The molecule has 4 nitrogen and oxygen atoms in total. The Bertz CT molecular complexity index is 829. The number of esters is 1. The van der Waals surface area contributed by atoms with E-state index in [1.165, 1.54) is 44.8 Å². The Labute approximate surface area is 200 Å². The Hall–Kier alpha value is -1.65. The zero-order chi connectivity index (χ0) is 23.6. The van der Waals surface area contributed by atoms with E-state index in [-0.39, 0.29) is 17.8 Å². The Balaban J connectivity index is 1.37. The number of likely N-dealkylation sites (tertiary alicyclic amines) is 1. The maximum Gasteiger partial charge on any atom is 0.303 e. The van der Waals surface area contributed by atoms with Gasteiger partial charge in [-0.15, -0.1) is 0 Å². The molecule has 0 bridgehead atoms. The van der Waals surface area contributed by atoms with Crippen molar-refractivity contribution in [3.05, 3.63) is 54.0 Å². The van der Waals surface area contributed by atoms with Crippen LogP contribution < -0.4 is 0 Å². The lowest BCUT2D eigenvalue weighted by Crippen LogP contribution is -2.56. The fourth-order valence-corrected chi connectivity index (χ4v) is 6.47. The lowest BCUT2D eigenvalue weighted by atomic mass is 9.57. The second-order valence-corrected chi connectivity index (χ2v) is 10.9. The Morgan fingerprint density at radius 3 is 2.58 bits per heavy atom. The summed E-state index contributed by atoms with van der Waals surface area (Å²) >= 11 is 0. The van der Waals surface area contributed by atoms with Crippen molar-refractivity contribution in [1.82, 2.24) is 4.90 Å². The van der Waals surface area contributed by atoms with Crippen LogP contribution in [0.25, 0.3) is 0 Å². The summed E-state index contributed by atoms with van der Waals surface area (Å²) < 4.78 is 5.45. The first kappa shape index (κ1) is 24.5. The molecule has 180 valence electrons. The maximum absolute atomic E-state index is 11.7. The number of ether oxygens (including phenoxy) is 1. The quantitative estimate of drug-likeness (QED) is 0.491. The molecule has 1 saturated heterocycles. The topological polar surface area (TPSA) is 49.8 Å². The molecule has 6 atom stereocenters. The van der Waals surface area contributed by atoms with Crippen molar-refractivity contribution in [3.8, 4) is 0 Å². The van der Waals surface area contributed by atoms with Gasteiger partial charge in [-0.2, -0.15) is 0 Å². The first-order valence-electron chi connectivity index (χ1n) is 12.9. The van der Waals surface area contributed by atoms with Gasteiger partial charge in [-0.1, -0.05) is 50.3 Å². The summed E-state index contributed by atoms with van der Waals surface area (Å²) in [5.41, 5.74) is 1.42. The lowest BCUT2D eigenvalue weighted by Gasteiger charge is -2.53. The van der Waals surface area contributed by atoms with Crippen molar-refractivity contribution < 1.29 is 14.6 Å². The number of benzene rings is 1. The van der Waals surface area contributed by atoms with E-state index >= 15 is 0 Å². The van der Waals surface area contributed by atoms with Gasteiger partial charge >= 0.3 is 5.97 Å². The van der Waals surface area contributed by atoms with Gasteiger partial charge in [0.15, 0.2) is 0 Å². The molecule has 4 heteroatoms. The molecule has 0 amide bonds. The Kier molecular flexibility index (Phi) is 7.65. The Morgan fingerprint density at radius 1 is 1.21 bits per heavy atom. The monoisotopic (exact) mass is 451 g/mol. The smallest absolute Gasteiger partial charge is 0.303 e. The van der Waals surface area contributed by atoms with Gasteiger partial charge in [0.25, 0.3) is 0 Å². The predicted molar refractivity (Wildman–Crippen MR) is 131 cm³/mol. The summed E-state index contributed by atoms with van der Waals surface area (Å²) in [7, 11) is 0. The SMILES string of the molecule is CC(=O)O[C@@H]1[C][C@@]2(O)[C@H](C)CC[C@@H]([C@H](C)CN3CCC(Cc4ccccc4)CC3)[C@H]2C=C1C. The number of hydrogen-bond acceptors (Lipinski definition) is 4. The highest BCUT2D eigenvalue weighted by Gasteiger charge is 2.53. The molecule has 1 N–H and O–H groups in total. The first-order chi connectivity index (χ1) is 15.8. The molecule has 0 aromatic heterocycles. The van der Waals surface area contributed by atoms with E-state index in [0.29, 0.717) is 11.8 Å². The summed E-state index contributed by atoms with van der Waals surface area (Å²) in [5, 5.41) is 11.7. The fraction of sp³-hybridized carbons (Fsp3) is 0.655. The van der Waals surface area contributed by atoms with E-state index < -0.39 is 11.7 Å². The number of aliphatic hydroxyl groups is 1. The molecule has 0 unspecified atom stereocenters. The highest BCUT2D eigenvalue weighted by Crippen LogP contribution is 2.51. The van der Waals surface area contributed by atoms with E-state index in [4.69, 9.17) is 4.74 Å². The van der Waals surface area contributed by atoms with Crippen molar-refractivity contribution in [3.63, 3.8) is 0 Å². The van der Waals surface area contributed by atoms with Crippen molar-refractivity contribution in [1.29, 1.82) is 0 Å². The Morgan fingerprint density at radius 2 is 1.91 bits per heavy atom. The van der Waals surface area contributed by atoms with E-state index in [0.717, 1.165) is 30.9 Å². The van der Waals surface area contributed by atoms with Gasteiger partial charge in [-0.25, -0.2) is 0 Å². The minimum absolute atomic E-state index is 0.0404. The third-order valence-corrected chi connectivity index (χ3v) is 8.51. The number of carbonyl (C=O) groups is 1. The van der Waals surface area contributed by atoms with Crippen LogP contribution in [0.15, 0.2) is 42.0 Å². The molecule has 4 rings (SSSR count). The molecular weight excluding hydrogens is 410 g/mol. The molecule has 1 aromatic rings. The molecule has 1 saturated carbocycles. The van der Waals surface area contributed by atoms with Crippen LogP contribution in [-0.4, -0.2) is 47.3 Å². The van der Waals surface area contributed by atoms with E-state index in [1.54, 1.807) is 0 Å². The summed E-state index contributed by atoms with van der Waals surface area (Å²) in [6.45, 7) is 11.3. The average molecular weight is 452 g/mol. The molecule has 1 aromatic carbocycles. The van der Waals surface area contributed by atoms with E-state index in [2.05, 4.69) is 61.6 Å². The van der Waals surface area contributed by atoms with Crippen LogP contribution in [-0.2, 0) is 16.0 Å². The predicted octanol–water partition coefficient (Wildman–Crippen LogP) is 4.94. The van der Waals surface area contributed by atoms with E-state index in [9.17, 15) is 9.90 Å². The van der Waals surface area contributed by atoms with Gasteiger partial charge < -0.3 is 14.7 Å². The number of rotatable bonds is 6. The number of piperidine rings is 1. The van der Waals surface area contributed by atoms with E-state index in [1.807, 2.05) is 6.92 Å².